The fraction of sp³-hybridized carbons (Fsp3) is 0.833. The van der Waals surface area contributed by atoms with E-state index in [1.807, 2.05) is 0 Å². The zero-order valence-corrected chi connectivity index (χ0v) is 11.9. The van der Waals surface area contributed by atoms with Gasteiger partial charge in [0.2, 0.25) is 6.10 Å². The third-order valence-electron chi connectivity index (χ3n) is 3.26. The summed E-state index contributed by atoms with van der Waals surface area (Å²) in [5.74, 6) is -3.02. The van der Waals surface area contributed by atoms with Crippen molar-refractivity contribution in [3.8, 4) is 0 Å². The van der Waals surface area contributed by atoms with Crippen LogP contribution >= 0.6 is 0 Å². The van der Waals surface area contributed by atoms with Gasteiger partial charge >= 0.3 is 11.9 Å². The van der Waals surface area contributed by atoms with E-state index in [1.165, 1.54) is 0 Å². The van der Waals surface area contributed by atoms with E-state index in [9.17, 15) is 24.9 Å². The number of aliphatic carboxylic acids is 1. The Labute approximate surface area is 122 Å². The summed E-state index contributed by atoms with van der Waals surface area (Å²) in [5.41, 5.74) is 5.58. The highest BCUT2D eigenvalue weighted by atomic mass is 16.6. The van der Waals surface area contributed by atoms with Gasteiger partial charge in [0, 0.05) is 0 Å². The van der Waals surface area contributed by atoms with Crippen LogP contribution in [0.2, 0.25) is 0 Å². The van der Waals surface area contributed by atoms with Gasteiger partial charge in [-0.15, -0.1) is 0 Å². The number of carbonyl (C=O) groups is 2. The molecule has 0 amide bonds. The van der Waals surface area contributed by atoms with Gasteiger partial charge in [0.1, 0.15) is 24.4 Å². The van der Waals surface area contributed by atoms with Gasteiger partial charge in [-0.05, 0) is 5.92 Å². The molecule has 21 heavy (non-hydrogen) atoms. The van der Waals surface area contributed by atoms with Crippen LogP contribution in [0.5, 0.6) is 0 Å². The van der Waals surface area contributed by atoms with Crippen LogP contribution in [-0.4, -0.2) is 74.5 Å². The molecule has 124 valence electrons. The quantitative estimate of drug-likeness (QED) is 0.250. The monoisotopic (exact) mass is 309 g/mol. The lowest BCUT2D eigenvalue weighted by Crippen LogP contribution is -2.52. The lowest BCUT2D eigenvalue weighted by Gasteiger charge is -2.27. The highest BCUT2D eigenvalue weighted by molar-refractivity contribution is 5.81. The van der Waals surface area contributed by atoms with Gasteiger partial charge in [-0.25, -0.2) is 4.79 Å². The molecule has 0 heterocycles. The highest BCUT2D eigenvalue weighted by Crippen LogP contribution is 2.13. The first kappa shape index (κ1) is 19.7. The summed E-state index contributed by atoms with van der Waals surface area (Å²) in [6.07, 6.45) is -7.43. The van der Waals surface area contributed by atoms with Gasteiger partial charge in [0.05, 0.1) is 6.61 Å². The van der Waals surface area contributed by atoms with Crippen molar-refractivity contribution in [2.24, 2.45) is 11.7 Å². The van der Waals surface area contributed by atoms with Crippen LogP contribution in [0.3, 0.4) is 0 Å². The van der Waals surface area contributed by atoms with Crippen molar-refractivity contribution in [2.45, 2.75) is 50.7 Å². The predicted molar refractivity (Wildman–Crippen MR) is 70.1 cm³/mol. The van der Waals surface area contributed by atoms with E-state index in [4.69, 9.17) is 15.9 Å². The maximum atomic E-state index is 11.7. The minimum atomic E-state index is -2.11. The number of aliphatic hydroxyl groups excluding tert-OH is 4. The summed E-state index contributed by atoms with van der Waals surface area (Å²) in [6.45, 7) is 2.55. The molecule has 0 aliphatic heterocycles. The number of carboxylic acid groups (broad SMARTS) is 1. The zero-order valence-electron chi connectivity index (χ0n) is 11.9. The number of carboxylic acids is 1. The molecule has 0 unspecified atom stereocenters. The summed E-state index contributed by atoms with van der Waals surface area (Å²) >= 11 is 0. The van der Waals surface area contributed by atoms with Crippen LogP contribution in [-0.2, 0) is 14.3 Å². The molecule has 0 bridgehead atoms. The van der Waals surface area contributed by atoms with E-state index in [0.717, 1.165) is 0 Å². The van der Waals surface area contributed by atoms with Crippen molar-refractivity contribution < 1.29 is 39.9 Å². The Kier molecular flexibility index (Phi) is 8.37. The topological polar surface area (TPSA) is 171 Å². The van der Waals surface area contributed by atoms with E-state index >= 15 is 0 Å². The van der Waals surface area contributed by atoms with Gasteiger partial charge in [-0.2, -0.15) is 0 Å². The molecule has 6 atom stereocenters. The Hall–Kier alpha value is -1.26. The average molecular weight is 309 g/mol. The Balaban J connectivity index is 4.92. The number of nitrogens with two attached hydrogens (primary N) is 1. The predicted octanol–water partition coefficient (Wildman–Crippen LogP) is -2.57. The first-order chi connectivity index (χ1) is 9.67. The molecule has 7 N–H and O–H groups in total. The van der Waals surface area contributed by atoms with Gasteiger partial charge in [0.25, 0.3) is 0 Å². The zero-order chi connectivity index (χ0) is 16.7. The summed E-state index contributed by atoms with van der Waals surface area (Å²) in [4.78, 5) is 22.7. The summed E-state index contributed by atoms with van der Waals surface area (Å²) in [5, 5.41) is 45.9. The molecule has 0 saturated carbocycles. The van der Waals surface area contributed by atoms with Crippen LogP contribution < -0.4 is 5.73 Å². The molecule has 0 radical (unpaired) electrons. The maximum absolute atomic E-state index is 11.7. The largest absolute Gasteiger partial charge is 0.478 e. The maximum Gasteiger partial charge on any atom is 0.347 e. The molecule has 0 rings (SSSR count). The van der Waals surface area contributed by atoms with Crippen LogP contribution in [0.25, 0.3) is 0 Å². The van der Waals surface area contributed by atoms with Crippen molar-refractivity contribution in [1.29, 1.82) is 0 Å². The second-order valence-electron chi connectivity index (χ2n) is 4.84. The molecule has 0 saturated heterocycles. The number of aliphatic hydroxyl groups is 4. The first-order valence-corrected chi connectivity index (χ1v) is 6.51. The molecule has 0 spiro atoms. The Morgan fingerprint density at radius 3 is 2.10 bits per heavy atom. The van der Waals surface area contributed by atoms with Crippen molar-refractivity contribution in [1.82, 2.24) is 0 Å². The molecule has 0 fully saturated rings. The number of hydrogen-bond acceptors (Lipinski definition) is 8. The average Bonchev–Trinajstić information content (AvgIpc) is 2.47. The number of ether oxygens (including phenoxy) is 1. The van der Waals surface area contributed by atoms with Crippen LogP contribution in [0.4, 0.5) is 0 Å². The lowest BCUT2D eigenvalue weighted by atomic mass is 9.99. The highest BCUT2D eigenvalue weighted by Gasteiger charge is 2.39. The minimum Gasteiger partial charge on any atom is -0.478 e. The number of rotatable bonds is 9. The van der Waals surface area contributed by atoms with Crippen LogP contribution in [0.15, 0.2) is 0 Å². The van der Waals surface area contributed by atoms with E-state index in [1.54, 1.807) is 13.8 Å². The first-order valence-electron chi connectivity index (χ1n) is 6.51. The SMILES string of the molecule is CC[C@H](C)[C@H](N)C(=O)O[C@@H](C(=O)O)[C@@H](O)[C@@H](O)[C@H](O)CO. The fourth-order valence-electron chi connectivity index (χ4n) is 1.47. The normalized spacial score (nSPS) is 20.0. The van der Waals surface area contributed by atoms with Crippen molar-refractivity contribution in [2.75, 3.05) is 6.61 Å². The van der Waals surface area contributed by atoms with Crippen LogP contribution in [0.1, 0.15) is 20.3 Å². The lowest BCUT2D eigenvalue weighted by molar-refractivity contribution is -0.183. The standard InChI is InChI=1S/C12H23NO8/c1-3-5(2)7(13)12(20)21-10(11(18)19)9(17)8(16)6(15)4-14/h5-10,14-17H,3-4,13H2,1-2H3,(H,18,19)/t5-,6+,7-,8-,9-,10+/m0/s1. The molecule has 0 aromatic heterocycles. The minimum absolute atomic E-state index is 0.267. The molecule has 9 nitrogen and oxygen atoms in total. The Morgan fingerprint density at radius 1 is 1.19 bits per heavy atom. The van der Waals surface area contributed by atoms with Gasteiger partial charge in [0.15, 0.2) is 0 Å². The van der Waals surface area contributed by atoms with E-state index in [0.29, 0.717) is 6.42 Å². The summed E-state index contributed by atoms with van der Waals surface area (Å²) in [6, 6.07) is -1.08. The van der Waals surface area contributed by atoms with E-state index in [2.05, 4.69) is 4.74 Å². The molecule has 0 aromatic rings. The second kappa shape index (κ2) is 8.90. The number of hydrogen-bond donors (Lipinski definition) is 6. The molecule has 0 aromatic carbocycles. The van der Waals surface area contributed by atoms with Gasteiger partial charge in [-0.1, -0.05) is 20.3 Å². The molecular formula is C12H23NO8. The molecule has 0 aliphatic carbocycles. The third-order valence-corrected chi connectivity index (χ3v) is 3.26. The Bertz CT molecular complexity index is 350. The van der Waals surface area contributed by atoms with Gasteiger partial charge < -0.3 is 36.0 Å². The number of carbonyl (C=O) groups excluding carboxylic acids is 1. The fourth-order valence-corrected chi connectivity index (χ4v) is 1.47. The summed E-state index contributed by atoms with van der Waals surface area (Å²) in [7, 11) is 0. The smallest absolute Gasteiger partial charge is 0.347 e. The van der Waals surface area contributed by atoms with E-state index in [-0.39, 0.29) is 5.92 Å². The summed E-state index contributed by atoms with van der Waals surface area (Å²) < 4.78 is 4.61. The number of esters is 1. The van der Waals surface area contributed by atoms with Gasteiger partial charge in [-0.3, -0.25) is 4.79 Å². The van der Waals surface area contributed by atoms with Crippen molar-refractivity contribution in [3.63, 3.8) is 0 Å². The molecular weight excluding hydrogens is 286 g/mol. The van der Waals surface area contributed by atoms with E-state index < -0.39 is 49.0 Å². The van der Waals surface area contributed by atoms with Crippen molar-refractivity contribution in [3.05, 3.63) is 0 Å². The van der Waals surface area contributed by atoms with Crippen LogP contribution in [0, 0.1) is 5.92 Å². The molecule has 9 heteroatoms. The van der Waals surface area contributed by atoms with Crippen molar-refractivity contribution >= 4 is 11.9 Å². The molecule has 0 aliphatic rings. The Morgan fingerprint density at radius 2 is 1.71 bits per heavy atom. The second-order valence-corrected chi connectivity index (χ2v) is 4.84. The third kappa shape index (κ3) is 5.56.